The number of carbonyl (C=O) groups excluding carboxylic acids is 1. The standard InChI is InChI=1S/C27H30F2N7O6P/c28-21-5-1-6-22(26(21)29)32-25(37)15-36-12-9-24(34-36)33-27-20-8-7-19(14-23(20)30-17-31-27)41-13-3-11-35-10-2-4-18(35)16-42-43(38,39)40/h1,5-9,12,14,17-18H,2-4,10-11,13,15-16H2,(H,32,37)(H2,38,39,40)(H,30,31,33,34)/t18-/m1/s1. The van der Waals surface area contributed by atoms with E-state index in [0.717, 1.165) is 38.4 Å². The number of likely N-dealkylation sites (tertiary alicyclic amines) is 1. The smallest absolute Gasteiger partial charge is 0.469 e. The van der Waals surface area contributed by atoms with Crippen molar-refractivity contribution in [3.05, 3.63) is 66.6 Å². The van der Waals surface area contributed by atoms with Crippen molar-refractivity contribution in [1.82, 2.24) is 24.6 Å². The van der Waals surface area contributed by atoms with Crippen LogP contribution in [0.1, 0.15) is 19.3 Å². The number of halogens is 2. The van der Waals surface area contributed by atoms with Crippen molar-refractivity contribution in [1.29, 1.82) is 0 Å². The number of nitrogens with one attached hydrogen (secondary N) is 2. The van der Waals surface area contributed by atoms with Gasteiger partial charge in [-0.25, -0.2) is 23.3 Å². The number of hydrogen-bond donors (Lipinski definition) is 4. The van der Waals surface area contributed by atoms with Gasteiger partial charge >= 0.3 is 7.82 Å². The van der Waals surface area contributed by atoms with Gasteiger partial charge in [0, 0.05) is 36.3 Å². The van der Waals surface area contributed by atoms with E-state index in [-0.39, 0.29) is 24.9 Å². The number of fused-ring (bicyclic) bond motifs is 1. The minimum Gasteiger partial charge on any atom is -0.493 e. The molecule has 1 fully saturated rings. The molecular formula is C27H30F2N7O6P. The lowest BCUT2D eigenvalue weighted by Crippen LogP contribution is -2.34. The zero-order valence-electron chi connectivity index (χ0n) is 22.9. The van der Waals surface area contributed by atoms with E-state index in [1.54, 1.807) is 24.4 Å². The zero-order valence-corrected chi connectivity index (χ0v) is 23.8. The molecule has 228 valence electrons. The lowest BCUT2D eigenvalue weighted by atomic mass is 10.2. The molecule has 0 aliphatic carbocycles. The number of rotatable bonds is 13. The molecule has 4 aromatic rings. The predicted molar refractivity (Wildman–Crippen MR) is 153 cm³/mol. The summed E-state index contributed by atoms with van der Waals surface area (Å²) >= 11 is 0. The first kappa shape index (κ1) is 30.4. The van der Waals surface area contributed by atoms with E-state index in [4.69, 9.17) is 14.5 Å². The predicted octanol–water partition coefficient (Wildman–Crippen LogP) is 3.83. The van der Waals surface area contributed by atoms with Crippen molar-refractivity contribution < 1.29 is 37.2 Å². The number of carbonyl (C=O) groups is 1. The summed E-state index contributed by atoms with van der Waals surface area (Å²) in [5, 5.41) is 10.5. The second kappa shape index (κ2) is 13.5. The monoisotopic (exact) mass is 617 g/mol. The van der Waals surface area contributed by atoms with Crippen LogP contribution in [0.3, 0.4) is 0 Å². The Hall–Kier alpha value is -4.01. The van der Waals surface area contributed by atoms with Crippen LogP contribution in [0, 0.1) is 11.6 Å². The normalized spacial score (nSPS) is 15.6. The van der Waals surface area contributed by atoms with Crippen molar-refractivity contribution in [2.24, 2.45) is 0 Å². The number of anilines is 3. The molecule has 1 aliphatic rings. The van der Waals surface area contributed by atoms with Crippen molar-refractivity contribution >= 4 is 42.0 Å². The first-order valence-corrected chi connectivity index (χ1v) is 15.0. The largest absolute Gasteiger partial charge is 0.493 e. The second-order valence-electron chi connectivity index (χ2n) is 9.89. The summed E-state index contributed by atoms with van der Waals surface area (Å²) in [6.07, 6.45) is 5.46. The Morgan fingerprint density at radius 2 is 2.02 bits per heavy atom. The molecule has 0 unspecified atom stereocenters. The summed E-state index contributed by atoms with van der Waals surface area (Å²) in [6.45, 7) is 1.79. The van der Waals surface area contributed by atoms with E-state index in [9.17, 15) is 18.1 Å². The van der Waals surface area contributed by atoms with Gasteiger partial charge < -0.3 is 25.2 Å². The van der Waals surface area contributed by atoms with Crippen LogP contribution < -0.4 is 15.4 Å². The Bertz CT molecular complexity index is 1630. The van der Waals surface area contributed by atoms with Gasteiger partial charge in [-0.2, -0.15) is 5.10 Å². The molecule has 1 atom stereocenters. The molecule has 0 radical (unpaired) electrons. The highest BCUT2D eigenvalue weighted by atomic mass is 31.2. The number of ether oxygens (including phenoxy) is 1. The Balaban J connectivity index is 1.13. The third-order valence-corrected chi connectivity index (χ3v) is 7.30. The molecule has 0 spiro atoms. The molecule has 1 aliphatic heterocycles. The average molecular weight is 618 g/mol. The summed E-state index contributed by atoms with van der Waals surface area (Å²) < 4.78 is 50.2. The molecule has 4 N–H and O–H groups in total. The minimum atomic E-state index is -4.48. The molecule has 0 bridgehead atoms. The third kappa shape index (κ3) is 8.30. The molecular weight excluding hydrogens is 587 g/mol. The van der Waals surface area contributed by atoms with E-state index in [1.807, 2.05) is 6.07 Å². The SMILES string of the molecule is O=C(Cn1ccc(Nc2ncnc3cc(OCCCN4CCC[C@@H]4COP(=O)(O)O)ccc23)n1)Nc1cccc(F)c1F. The summed E-state index contributed by atoms with van der Waals surface area (Å²) in [7, 11) is -4.48. The Labute approximate surface area is 245 Å². The fourth-order valence-corrected chi connectivity index (χ4v) is 5.19. The van der Waals surface area contributed by atoms with Crippen molar-refractivity contribution in [2.75, 3.05) is 36.9 Å². The summed E-state index contributed by atoms with van der Waals surface area (Å²) in [5.41, 5.74) is 0.387. The number of aromatic nitrogens is 4. The maximum Gasteiger partial charge on any atom is 0.469 e. The fourth-order valence-electron chi connectivity index (χ4n) is 4.82. The van der Waals surface area contributed by atoms with E-state index in [0.29, 0.717) is 34.9 Å². The third-order valence-electron chi connectivity index (χ3n) is 6.82. The van der Waals surface area contributed by atoms with E-state index >= 15 is 0 Å². The van der Waals surface area contributed by atoms with Crippen LogP contribution in [0.2, 0.25) is 0 Å². The lowest BCUT2D eigenvalue weighted by molar-refractivity contribution is -0.116. The topological polar surface area (TPSA) is 164 Å². The van der Waals surface area contributed by atoms with Crippen LogP contribution in [0.5, 0.6) is 5.75 Å². The number of benzene rings is 2. The molecule has 1 amide bonds. The van der Waals surface area contributed by atoms with Crippen LogP contribution in [-0.2, 0) is 20.4 Å². The maximum atomic E-state index is 13.8. The van der Waals surface area contributed by atoms with Gasteiger partial charge in [-0.05, 0) is 50.1 Å². The first-order chi connectivity index (χ1) is 20.6. The van der Waals surface area contributed by atoms with Crippen molar-refractivity contribution in [3.8, 4) is 5.75 Å². The molecule has 0 saturated carbocycles. The summed E-state index contributed by atoms with van der Waals surface area (Å²) in [5.74, 6) is -1.23. The Morgan fingerprint density at radius 3 is 2.86 bits per heavy atom. The number of phosphoric acid groups is 1. The van der Waals surface area contributed by atoms with Gasteiger partial charge in [-0.1, -0.05) is 6.07 Å². The van der Waals surface area contributed by atoms with Gasteiger partial charge in [0.2, 0.25) is 5.91 Å². The molecule has 1 saturated heterocycles. The Kier molecular flexibility index (Phi) is 9.58. The molecule has 2 aromatic heterocycles. The molecule has 3 heterocycles. The number of nitrogens with zero attached hydrogens (tertiary/aromatic N) is 5. The van der Waals surface area contributed by atoms with Gasteiger partial charge in [0.25, 0.3) is 0 Å². The number of amides is 1. The second-order valence-corrected chi connectivity index (χ2v) is 11.1. The summed E-state index contributed by atoms with van der Waals surface area (Å²) in [6, 6.07) is 10.6. The minimum absolute atomic E-state index is 0.000741. The average Bonchev–Trinajstić information content (AvgIpc) is 3.61. The van der Waals surface area contributed by atoms with Crippen LogP contribution >= 0.6 is 7.82 Å². The van der Waals surface area contributed by atoms with Crippen LogP contribution in [0.4, 0.5) is 26.1 Å². The van der Waals surface area contributed by atoms with Crippen LogP contribution in [0.15, 0.2) is 55.0 Å². The quantitative estimate of drug-likeness (QED) is 0.127. The number of hydrogen-bond acceptors (Lipinski definition) is 9. The maximum absolute atomic E-state index is 13.8. The number of phosphoric ester groups is 1. The molecule has 13 nitrogen and oxygen atoms in total. The fraction of sp³-hybridized carbons (Fsp3) is 0.333. The molecule has 2 aromatic carbocycles. The van der Waals surface area contributed by atoms with Crippen molar-refractivity contribution in [2.45, 2.75) is 31.8 Å². The first-order valence-electron chi connectivity index (χ1n) is 13.5. The van der Waals surface area contributed by atoms with E-state index in [2.05, 4.69) is 35.1 Å². The lowest BCUT2D eigenvalue weighted by Gasteiger charge is -2.24. The van der Waals surface area contributed by atoms with Gasteiger partial charge in [-0.15, -0.1) is 0 Å². The highest BCUT2D eigenvalue weighted by molar-refractivity contribution is 7.46. The van der Waals surface area contributed by atoms with Gasteiger partial charge in [0.05, 0.1) is 24.4 Å². The highest BCUT2D eigenvalue weighted by Gasteiger charge is 2.27. The van der Waals surface area contributed by atoms with Crippen LogP contribution in [0.25, 0.3) is 10.9 Å². The van der Waals surface area contributed by atoms with Gasteiger partial charge in [0.1, 0.15) is 24.4 Å². The van der Waals surface area contributed by atoms with Gasteiger partial charge in [-0.3, -0.25) is 18.9 Å². The van der Waals surface area contributed by atoms with E-state index < -0.39 is 25.4 Å². The molecule has 43 heavy (non-hydrogen) atoms. The molecule has 5 rings (SSSR count). The summed E-state index contributed by atoms with van der Waals surface area (Å²) in [4.78, 5) is 41.0. The van der Waals surface area contributed by atoms with Crippen molar-refractivity contribution in [3.63, 3.8) is 0 Å². The van der Waals surface area contributed by atoms with Gasteiger partial charge in [0.15, 0.2) is 17.5 Å². The highest BCUT2D eigenvalue weighted by Crippen LogP contribution is 2.37. The Morgan fingerprint density at radius 1 is 1.16 bits per heavy atom. The van der Waals surface area contributed by atoms with Crippen LogP contribution in [-0.4, -0.2) is 72.7 Å². The zero-order chi connectivity index (χ0) is 30.4. The molecule has 16 heteroatoms. The van der Waals surface area contributed by atoms with E-state index in [1.165, 1.54) is 23.1 Å².